The van der Waals surface area contributed by atoms with Gasteiger partial charge in [0.05, 0.1) is 12.8 Å². The smallest absolute Gasteiger partial charge is 0.354 e. The number of carboxylic acid groups (broad SMARTS) is 1. The summed E-state index contributed by atoms with van der Waals surface area (Å²) in [5.41, 5.74) is 0.728. The first-order valence-electron chi connectivity index (χ1n) is 6.99. The van der Waals surface area contributed by atoms with Crippen molar-refractivity contribution in [3.05, 3.63) is 63.3 Å². The predicted molar refractivity (Wildman–Crippen MR) is 87.1 cm³/mol. The minimum Gasteiger partial charge on any atom is -0.477 e. The van der Waals surface area contributed by atoms with Crippen molar-refractivity contribution in [1.29, 1.82) is 0 Å². The first-order valence-corrected chi connectivity index (χ1v) is 8.84. The third kappa shape index (κ3) is 4.74. The fraction of sp³-hybridized carbons (Fsp3) is 0.267. The second-order valence-corrected chi connectivity index (χ2v) is 7.38. The molecule has 2 rings (SSSR count). The van der Waals surface area contributed by atoms with Gasteiger partial charge in [0.2, 0.25) is 10.0 Å². The quantitative estimate of drug-likeness (QED) is 0.792. The van der Waals surface area contributed by atoms with Crippen LogP contribution in [0.15, 0.2) is 35.1 Å². The van der Waals surface area contributed by atoms with Gasteiger partial charge in [0.1, 0.15) is 5.82 Å². The summed E-state index contributed by atoms with van der Waals surface area (Å²) in [7, 11) is -3.59. The maximum absolute atomic E-state index is 12.0. The minimum atomic E-state index is -3.59. The third-order valence-corrected chi connectivity index (χ3v) is 4.48. The van der Waals surface area contributed by atoms with Crippen molar-refractivity contribution in [3.8, 4) is 0 Å². The number of nitrogens with zero attached hydrogens (tertiary/aromatic N) is 2. The molecule has 0 aliphatic heterocycles. The molecular weight excluding hydrogens is 334 g/mol. The van der Waals surface area contributed by atoms with Crippen LogP contribution in [0.3, 0.4) is 0 Å². The summed E-state index contributed by atoms with van der Waals surface area (Å²) >= 11 is 0. The molecule has 128 valence electrons. The number of rotatable bonds is 6. The Balaban J connectivity index is 2.32. The summed E-state index contributed by atoms with van der Waals surface area (Å²) in [6.45, 7) is 1.77. The number of hydrogen-bond acceptors (Lipinski definition) is 5. The van der Waals surface area contributed by atoms with Gasteiger partial charge in [-0.1, -0.05) is 29.8 Å². The standard InChI is InChI=1S/C15H17N3O5S/c1-10-3-5-11(6-4-10)8-18(24(2,22)23)9-13-16-12(15(20)21)7-14(19)17-13/h3-7H,8-9H2,1-2H3,(H,20,21)(H,16,17,19). The van der Waals surface area contributed by atoms with Gasteiger partial charge >= 0.3 is 5.97 Å². The minimum absolute atomic E-state index is 0.0302. The molecule has 1 heterocycles. The molecule has 0 atom stereocenters. The van der Waals surface area contributed by atoms with E-state index < -0.39 is 27.2 Å². The fourth-order valence-corrected chi connectivity index (χ4v) is 2.79. The average molecular weight is 351 g/mol. The Hall–Kier alpha value is -2.52. The Morgan fingerprint density at radius 3 is 2.42 bits per heavy atom. The van der Waals surface area contributed by atoms with Gasteiger partial charge in [-0.3, -0.25) is 4.79 Å². The molecule has 24 heavy (non-hydrogen) atoms. The van der Waals surface area contributed by atoms with Gasteiger partial charge in [-0.25, -0.2) is 18.2 Å². The number of carbonyl (C=O) groups is 1. The molecule has 0 aliphatic carbocycles. The van der Waals surface area contributed by atoms with E-state index in [4.69, 9.17) is 5.11 Å². The molecule has 0 aliphatic rings. The second-order valence-electron chi connectivity index (χ2n) is 5.40. The lowest BCUT2D eigenvalue weighted by atomic mass is 10.1. The molecule has 0 amide bonds. The highest BCUT2D eigenvalue weighted by Gasteiger charge is 2.20. The predicted octanol–water partition coefficient (Wildman–Crippen LogP) is 0.738. The average Bonchev–Trinajstić information content (AvgIpc) is 2.47. The van der Waals surface area contributed by atoms with Crippen LogP contribution < -0.4 is 5.56 Å². The van der Waals surface area contributed by atoms with E-state index in [1.165, 1.54) is 0 Å². The number of carboxylic acids is 1. The Labute approximate surface area is 138 Å². The van der Waals surface area contributed by atoms with Gasteiger partial charge < -0.3 is 10.1 Å². The zero-order chi connectivity index (χ0) is 17.9. The molecule has 0 saturated carbocycles. The van der Waals surface area contributed by atoms with Gasteiger partial charge in [-0.2, -0.15) is 4.31 Å². The lowest BCUT2D eigenvalue weighted by Gasteiger charge is -2.19. The van der Waals surface area contributed by atoms with Crippen LogP contribution in [0.4, 0.5) is 0 Å². The van der Waals surface area contributed by atoms with E-state index in [-0.39, 0.29) is 18.9 Å². The molecule has 0 saturated heterocycles. The SMILES string of the molecule is Cc1ccc(CN(Cc2nc(C(=O)O)cc(=O)[nH]2)S(C)(=O)=O)cc1. The summed E-state index contributed by atoms with van der Waals surface area (Å²) < 4.78 is 25.1. The van der Waals surface area contributed by atoms with Crippen LogP contribution in [-0.2, 0) is 23.1 Å². The maximum atomic E-state index is 12.0. The fourth-order valence-electron chi connectivity index (χ4n) is 2.05. The van der Waals surface area contributed by atoms with E-state index in [0.717, 1.165) is 27.8 Å². The van der Waals surface area contributed by atoms with Gasteiger partial charge in [-0.05, 0) is 12.5 Å². The highest BCUT2D eigenvalue weighted by atomic mass is 32.2. The van der Waals surface area contributed by atoms with Crippen molar-refractivity contribution < 1.29 is 18.3 Å². The molecule has 1 aromatic heterocycles. The van der Waals surface area contributed by atoms with Crippen LogP contribution in [-0.4, -0.2) is 40.0 Å². The zero-order valence-corrected chi connectivity index (χ0v) is 14.0. The second kappa shape index (κ2) is 6.93. The molecular formula is C15H17N3O5S. The summed E-state index contributed by atoms with van der Waals surface area (Å²) in [5.74, 6) is -1.38. The molecule has 0 radical (unpaired) electrons. The number of aromatic amines is 1. The van der Waals surface area contributed by atoms with E-state index in [9.17, 15) is 18.0 Å². The number of aryl methyl sites for hydroxylation is 1. The van der Waals surface area contributed by atoms with E-state index in [2.05, 4.69) is 9.97 Å². The molecule has 1 aromatic carbocycles. The van der Waals surface area contributed by atoms with Crippen molar-refractivity contribution in [3.63, 3.8) is 0 Å². The summed E-state index contributed by atoms with van der Waals surface area (Å²) in [4.78, 5) is 28.6. The molecule has 0 bridgehead atoms. The first kappa shape index (κ1) is 17.8. The maximum Gasteiger partial charge on any atom is 0.354 e. The van der Waals surface area contributed by atoms with Crippen LogP contribution in [0.25, 0.3) is 0 Å². The van der Waals surface area contributed by atoms with E-state index >= 15 is 0 Å². The van der Waals surface area contributed by atoms with Crippen LogP contribution in [0, 0.1) is 6.92 Å². The Morgan fingerprint density at radius 2 is 1.88 bits per heavy atom. The van der Waals surface area contributed by atoms with Crippen molar-refractivity contribution in [2.45, 2.75) is 20.0 Å². The van der Waals surface area contributed by atoms with E-state index in [1.807, 2.05) is 19.1 Å². The van der Waals surface area contributed by atoms with Crippen LogP contribution in [0.2, 0.25) is 0 Å². The lowest BCUT2D eigenvalue weighted by molar-refractivity contribution is 0.0689. The van der Waals surface area contributed by atoms with Crippen molar-refractivity contribution >= 4 is 16.0 Å². The Bertz CT molecular complexity index is 903. The molecule has 0 spiro atoms. The largest absolute Gasteiger partial charge is 0.477 e. The highest BCUT2D eigenvalue weighted by Crippen LogP contribution is 2.12. The van der Waals surface area contributed by atoms with Crippen LogP contribution in [0.1, 0.15) is 27.4 Å². The molecule has 2 aromatic rings. The third-order valence-electron chi connectivity index (χ3n) is 3.28. The van der Waals surface area contributed by atoms with Crippen molar-refractivity contribution in [2.75, 3.05) is 6.26 Å². The number of sulfonamides is 1. The topological polar surface area (TPSA) is 120 Å². The van der Waals surface area contributed by atoms with Gasteiger partial charge in [0, 0.05) is 12.6 Å². The molecule has 9 heteroatoms. The zero-order valence-electron chi connectivity index (χ0n) is 13.2. The normalized spacial score (nSPS) is 11.6. The summed E-state index contributed by atoms with van der Waals surface area (Å²) in [5, 5.41) is 8.94. The van der Waals surface area contributed by atoms with Crippen molar-refractivity contribution in [1.82, 2.24) is 14.3 Å². The highest BCUT2D eigenvalue weighted by molar-refractivity contribution is 7.88. The van der Waals surface area contributed by atoms with E-state index in [1.54, 1.807) is 12.1 Å². The van der Waals surface area contributed by atoms with Gasteiger partial charge in [-0.15, -0.1) is 0 Å². The number of benzene rings is 1. The van der Waals surface area contributed by atoms with Crippen LogP contribution in [0.5, 0.6) is 0 Å². The Kier molecular flexibility index (Phi) is 5.15. The first-order chi connectivity index (χ1) is 11.1. The van der Waals surface area contributed by atoms with Crippen LogP contribution >= 0.6 is 0 Å². The molecule has 0 fully saturated rings. The summed E-state index contributed by atoms with van der Waals surface area (Å²) in [6.07, 6.45) is 1.04. The number of hydrogen-bond donors (Lipinski definition) is 2. The number of nitrogens with one attached hydrogen (secondary N) is 1. The number of H-pyrrole nitrogens is 1. The monoisotopic (exact) mass is 351 g/mol. The van der Waals surface area contributed by atoms with Crippen molar-refractivity contribution in [2.24, 2.45) is 0 Å². The van der Waals surface area contributed by atoms with Gasteiger partial charge in [0.15, 0.2) is 5.69 Å². The summed E-state index contributed by atoms with van der Waals surface area (Å²) in [6, 6.07) is 8.17. The van der Waals surface area contributed by atoms with Gasteiger partial charge in [0.25, 0.3) is 5.56 Å². The lowest BCUT2D eigenvalue weighted by Crippen LogP contribution is -2.31. The Morgan fingerprint density at radius 1 is 1.25 bits per heavy atom. The molecule has 0 unspecified atom stereocenters. The molecule has 8 nitrogen and oxygen atoms in total. The number of aromatic carboxylic acids is 1. The van der Waals surface area contributed by atoms with E-state index in [0.29, 0.717) is 0 Å². The molecule has 2 N–H and O–H groups in total. The number of aromatic nitrogens is 2.